The zero-order valence-electron chi connectivity index (χ0n) is 12.6. The molecule has 3 rings (SSSR count). The number of hydrogen-bond acceptors (Lipinski definition) is 3. The molecule has 0 spiro atoms. The molecule has 0 aromatic carbocycles. The largest absolute Gasteiger partial charge is 0.350 e. The van der Waals surface area contributed by atoms with Gasteiger partial charge >= 0.3 is 0 Å². The summed E-state index contributed by atoms with van der Waals surface area (Å²) >= 11 is 0. The van der Waals surface area contributed by atoms with Crippen LogP contribution in [0.5, 0.6) is 0 Å². The Morgan fingerprint density at radius 3 is 2.95 bits per heavy atom. The van der Waals surface area contributed by atoms with Crippen molar-refractivity contribution in [2.45, 2.75) is 39.2 Å². The van der Waals surface area contributed by atoms with E-state index in [-0.39, 0.29) is 5.91 Å². The molecule has 0 bridgehead atoms. The standard InChI is InChI=1S/C15H21N5O/c1-11-6-7-12(19(11)2)15(21)16-9-8-14-18-17-13-5-3-4-10-20(13)14/h6-7H,3-5,8-10H2,1-2H3,(H,16,21). The highest BCUT2D eigenvalue weighted by Gasteiger charge is 2.16. The predicted octanol–water partition coefficient (Wildman–Crippen LogP) is 1.23. The minimum Gasteiger partial charge on any atom is -0.350 e. The van der Waals surface area contributed by atoms with E-state index in [1.54, 1.807) is 0 Å². The first-order chi connectivity index (χ1) is 10.2. The van der Waals surface area contributed by atoms with Gasteiger partial charge in [-0.1, -0.05) is 0 Å². The van der Waals surface area contributed by atoms with Crippen LogP contribution in [0, 0.1) is 6.92 Å². The molecule has 1 aliphatic rings. The van der Waals surface area contributed by atoms with Gasteiger partial charge in [0, 0.05) is 38.7 Å². The molecular formula is C15H21N5O. The molecule has 21 heavy (non-hydrogen) atoms. The Labute approximate surface area is 124 Å². The van der Waals surface area contributed by atoms with E-state index in [9.17, 15) is 4.79 Å². The Morgan fingerprint density at radius 2 is 2.19 bits per heavy atom. The maximum Gasteiger partial charge on any atom is 0.267 e. The van der Waals surface area contributed by atoms with E-state index in [0.717, 1.165) is 36.7 Å². The number of amides is 1. The Morgan fingerprint density at radius 1 is 1.33 bits per heavy atom. The lowest BCUT2D eigenvalue weighted by atomic mass is 10.1. The molecule has 3 heterocycles. The first-order valence-electron chi connectivity index (χ1n) is 7.48. The fourth-order valence-electron chi connectivity index (χ4n) is 2.77. The molecule has 0 fully saturated rings. The number of nitrogens with one attached hydrogen (secondary N) is 1. The van der Waals surface area contributed by atoms with Gasteiger partial charge in [0.05, 0.1) is 0 Å². The summed E-state index contributed by atoms with van der Waals surface area (Å²) in [4.78, 5) is 12.1. The van der Waals surface area contributed by atoms with E-state index in [0.29, 0.717) is 12.2 Å². The van der Waals surface area contributed by atoms with Gasteiger partial charge in [-0.25, -0.2) is 0 Å². The Balaban J connectivity index is 1.58. The van der Waals surface area contributed by atoms with Gasteiger partial charge in [0.1, 0.15) is 17.3 Å². The Bertz CT molecular complexity index is 655. The minimum atomic E-state index is -0.0380. The molecule has 0 radical (unpaired) electrons. The Kier molecular flexibility index (Phi) is 3.77. The third-order valence-electron chi connectivity index (χ3n) is 4.18. The molecule has 0 aliphatic carbocycles. The quantitative estimate of drug-likeness (QED) is 0.920. The first-order valence-corrected chi connectivity index (χ1v) is 7.48. The molecule has 2 aromatic rings. The molecule has 0 saturated heterocycles. The third kappa shape index (κ3) is 2.70. The summed E-state index contributed by atoms with van der Waals surface area (Å²) in [6.07, 6.45) is 4.12. The van der Waals surface area contributed by atoms with Crippen LogP contribution in [0.25, 0.3) is 0 Å². The van der Waals surface area contributed by atoms with Gasteiger partial charge in [-0.3, -0.25) is 4.79 Å². The van der Waals surface area contributed by atoms with Crippen LogP contribution in [0.3, 0.4) is 0 Å². The number of aryl methyl sites for hydroxylation is 2. The Hall–Kier alpha value is -2.11. The summed E-state index contributed by atoms with van der Waals surface area (Å²) in [5, 5.41) is 11.4. The second-order valence-corrected chi connectivity index (χ2v) is 5.57. The topological polar surface area (TPSA) is 64.7 Å². The summed E-state index contributed by atoms with van der Waals surface area (Å²) in [6.45, 7) is 3.57. The van der Waals surface area contributed by atoms with Crippen molar-refractivity contribution in [2.75, 3.05) is 6.54 Å². The SMILES string of the molecule is Cc1ccc(C(=O)NCCc2nnc3n2CCCC3)n1C. The number of fused-ring (bicyclic) bond motifs is 1. The van der Waals surface area contributed by atoms with E-state index in [1.165, 1.54) is 12.8 Å². The van der Waals surface area contributed by atoms with Crippen molar-refractivity contribution in [3.63, 3.8) is 0 Å². The molecule has 0 saturated carbocycles. The number of nitrogens with zero attached hydrogens (tertiary/aromatic N) is 4. The lowest BCUT2D eigenvalue weighted by Crippen LogP contribution is -2.28. The van der Waals surface area contributed by atoms with E-state index in [2.05, 4.69) is 20.1 Å². The fourth-order valence-corrected chi connectivity index (χ4v) is 2.77. The third-order valence-corrected chi connectivity index (χ3v) is 4.18. The van der Waals surface area contributed by atoms with E-state index in [4.69, 9.17) is 0 Å². The number of carbonyl (C=O) groups excluding carboxylic acids is 1. The summed E-state index contributed by atoms with van der Waals surface area (Å²) < 4.78 is 4.09. The molecule has 1 amide bonds. The zero-order chi connectivity index (χ0) is 14.8. The van der Waals surface area contributed by atoms with Crippen molar-refractivity contribution in [1.29, 1.82) is 0 Å². The highest BCUT2D eigenvalue weighted by Crippen LogP contribution is 2.14. The van der Waals surface area contributed by atoms with Crippen LogP contribution >= 0.6 is 0 Å². The van der Waals surface area contributed by atoms with Gasteiger partial charge in [0.25, 0.3) is 5.91 Å². The van der Waals surface area contributed by atoms with E-state index >= 15 is 0 Å². The van der Waals surface area contributed by atoms with Crippen molar-refractivity contribution >= 4 is 5.91 Å². The lowest BCUT2D eigenvalue weighted by Gasteiger charge is -2.14. The van der Waals surface area contributed by atoms with Crippen LogP contribution in [-0.2, 0) is 26.4 Å². The molecule has 6 heteroatoms. The monoisotopic (exact) mass is 287 g/mol. The highest BCUT2D eigenvalue weighted by molar-refractivity contribution is 5.92. The van der Waals surface area contributed by atoms with Crippen LogP contribution in [0.2, 0.25) is 0 Å². The van der Waals surface area contributed by atoms with Gasteiger partial charge in [0.15, 0.2) is 0 Å². The van der Waals surface area contributed by atoms with Crippen LogP contribution < -0.4 is 5.32 Å². The lowest BCUT2D eigenvalue weighted by molar-refractivity contribution is 0.0945. The average Bonchev–Trinajstić information content (AvgIpc) is 3.04. The number of carbonyl (C=O) groups is 1. The summed E-state index contributed by atoms with van der Waals surface area (Å²) in [6, 6.07) is 3.80. The zero-order valence-corrected chi connectivity index (χ0v) is 12.6. The molecule has 1 N–H and O–H groups in total. The second kappa shape index (κ2) is 5.71. The molecule has 6 nitrogen and oxygen atoms in total. The van der Waals surface area contributed by atoms with Crippen molar-refractivity contribution in [2.24, 2.45) is 7.05 Å². The maximum atomic E-state index is 12.1. The summed E-state index contributed by atoms with van der Waals surface area (Å²) in [5.41, 5.74) is 1.77. The summed E-state index contributed by atoms with van der Waals surface area (Å²) in [5.74, 6) is 2.03. The molecule has 1 aliphatic heterocycles. The number of aromatic nitrogens is 4. The fraction of sp³-hybridized carbons (Fsp3) is 0.533. The summed E-state index contributed by atoms with van der Waals surface area (Å²) in [7, 11) is 1.90. The van der Waals surface area contributed by atoms with Crippen molar-refractivity contribution in [3.8, 4) is 0 Å². The van der Waals surface area contributed by atoms with Crippen LogP contribution in [0.4, 0.5) is 0 Å². The van der Waals surface area contributed by atoms with Crippen LogP contribution in [-0.4, -0.2) is 31.8 Å². The minimum absolute atomic E-state index is 0.0380. The van der Waals surface area contributed by atoms with Gasteiger partial charge in [0.2, 0.25) is 0 Å². The maximum absolute atomic E-state index is 12.1. The van der Waals surface area contributed by atoms with Crippen molar-refractivity contribution < 1.29 is 4.79 Å². The highest BCUT2D eigenvalue weighted by atomic mass is 16.1. The van der Waals surface area contributed by atoms with Gasteiger partial charge in [-0.05, 0) is 31.9 Å². The predicted molar refractivity (Wildman–Crippen MR) is 79.1 cm³/mol. The number of rotatable bonds is 4. The van der Waals surface area contributed by atoms with E-state index < -0.39 is 0 Å². The van der Waals surface area contributed by atoms with Gasteiger partial charge in [-0.2, -0.15) is 0 Å². The van der Waals surface area contributed by atoms with Crippen LogP contribution in [0.15, 0.2) is 12.1 Å². The molecule has 0 unspecified atom stereocenters. The van der Waals surface area contributed by atoms with Gasteiger partial charge in [-0.15, -0.1) is 10.2 Å². The van der Waals surface area contributed by atoms with Crippen LogP contribution in [0.1, 0.15) is 40.7 Å². The molecule has 2 aromatic heterocycles. The smallest absolute Gasteiger partial charge is 0.267 e. The number of hydrogen-bond donors (Lipinski definition) is 1. The van der Waals surface area contributed by atoms with Crippen molar-refractivity contribution in [3.05, 3.63) is 35.2 Å². The molecule has 0 atom stereocenters. The van der Waals surface area contributed by atoms with E-state index in [1.807, 2.05) is 30.7 Å². The second-order valence-electron chi connectivity index (χ2n) is 5.57. The molecule has 112 valence electrons. The van der Waals surface area contributed by atoms with Crippen molar-refractivity contribution in [1.82, 2.24) is 24.6 Å². The first kappa shape index (κ1) is 13.9. The molecular weight excluding hydrogens is 266 g/mol. The average molecular weight is 287 g/mol. The normalized spacial score (nSPS) is 14.0. The van der Waals surface area contributed by atoms with Gasteiger partial charge < -0.3 is 14.5 Å².